The average Bonchev–Trinajstić information content (AvgIpc) is 2.96. The summed E-state index contributed by atoms with van der Waals surface area (Å²) in [5.74, 6) is 0.553. The van der Waals surface area contributed by atoms with Gasteiger partial charge in [0.2, 0.25) is 5.91 Å². The van der Waals surface area contributed by atoms with Gasteiger partial charge in [-0.2, -0.15) is 0 Å². The van der Waals surface area contributed by atoms with Gasteiger partial charge in [0.15, 0.2) is 0 Å². The zero-order valence-corrected chi connectivity index (χ0v) is 12.8. The summed E-state index contributed by atoms with van der Waals surface area (Å²) >= 11 is 0. The Balaban J connectivity index is 1.96. The molecule has 20 heavy (non-hydrogen) atoms. The molecule has 1 unspecified atom stereocenters. The lowest BCUT2D eigenvalue weighted by Gasteiger charge is -2.31. The maximum Gasteiger partial charge on any atom is 0.228 e. The second kappa shape index (κ2) is 6.40. The molecule has 1 fully saturated rings. The maximum atomic E-state index is 12.6. The van der Waals surface area contributed by atoms with Crippen molar-refractivity contribution in [1.82, 2.24) is 10.6 Å². The average molecular weight is 274 g/mol. The highest BCUT2D eigenvalue weighted by Gasteiger charge is 2.43. The van der Waals surface area contributed by atoms with E-state index in [9.17, 15) is 4.79 Å². The summed E-state index contributed by atoms with van der Waals surface area (Å²) in [4.78, 5) is 12.6. The van der Waals surface area contributed by atoms with Crippen LogP contribution in [-0.2, 0) is 17.8 Å². The number of nitrogens with one attached hydrogen (secondary N) is 2. The number of carbonyl (C=O) groups is 1. The normalized spacial score (nSPS) is 22.2. The predicted molar refractivity (Wildman–Crippen MR) is 82.4 cm³/mol. The van der Waals surface area contributed by atoms with Gasteiger partial charge in [0, 0.05) is 13.1 Å². The van der Waals surface area contributed by atoms with E-state index < -0.39 is 0 Å². The fraction of sp³-hybridized carbons (Fsp3) is 0.588. The summed E-state index contributed by atoms with van der Waals surface area (Å²) < 4.78 is 0. The van der Waals surface area contributed by atoms with Crippen molar-refractivity contribution in [2.45, 2.75) is 40.2 Å². The van der Waals surface area contributed by atoms with Crippen molar-refractivity contribution >= 4 is 5.91 Å². The number of rotatable bonds is 5. The van der Waals surface area contributed by atoms with Gasteiger partial charge in [-0.15, -0.1) is 0 Å². The van der Waals surface area contributed by atoms with E-state index in [4.69, 9.17) is 0 Å². The monoisotopic (exact) mass is 274 g/mol. The molecule has 1 aromatic rings. The lowest BCUT2D eigenvalue weighted by molar-refractivity contribution is -0.132. The maximum absolute atomic E-state index is 12.6. The van der Waals surface area contributed by atoms with Crippen LogP contribution in [0.5, 0.6) is 0 Å². The number of aryl methyl sites for hydroxylation is 1. The summed E-state index contributed by atoms with van der Waals surface area (Å²) in [6.07, 6.45) is 1.99. The van der Waals surface area contributed by atoms with Gasteiger partial charge in [0.25, 0.3) is 0 Å². The smallest absolute Gasteiger partial charge is 0.228 e. The Morgan fingerprint density at radius 1 is 1.30 bits per heavy atom. The third kappa shape index (κ3) is 3.04. The number of hydrogen-bond donors (Lipinski definition) is 2. The van der Waals surface area contributed by atoms with Crippen LogP contribution in [0.15, 0.2) is 24.3 Å². The second-order valence-corrected chi connectivity index (χ2v) is 6.09. The molecule has 1 aromatic carbocycles. The topological polar surface area (TPSA) is 41.1 Å². The molecule has 1 amide bonds. The van der Waals surface area contributed by atoms with Crippen molar-refractivity contribution in [1.29, 1.82) is 0 Å². The summed E-state index contributed by atoms with van der Waals surface area (Å²) in [5.41, 5.74) is 2.27. The van der Waals surface area contributed by atoms with Crippen LogP contribution in [-0.4, -0.2) is 19.0 Å². The molecule has 1 saturated heterocycles. The van der Waals surface area contributed by atoms with Crippen LogP contribution in [0.25, 0.3) is 0 Å². The predicted octanol–water partition coefficient (Wildman–Crippen LogP) is 2.50. The first-order valence-electron chi connectivity index (χ1n) is 7.65. The van der Waals surface area contributed by atoms with Crippen LogP contribution >= 0.6 is 0 Å². The molecule has 3 nitrogen and oxygen atoms in total. The van der Waals surface area contributed by atoms with Crippen molar-refractivity contribution in [3.8, 4) is 0 Å². The van der Waals surface area contributed by atoms with Crippen LogP contribution in [0.1, 0.15) is 38.3 Å². The van der Waals surface area contributed by atoms with Crippen LogP contribution in [0, 0.1) is 11.3 Å². The zero-order valence-electron chi connectivity index (χ0n) is 12.8. The molecule has 1 heterocycles. The van der Waals surface area contributed by atoms with Gasteiger partial charge in [-0.25, -0.2) is 0 Å². The fourth-order valence-electron chi connectivity index (χ4n) is 2.91. The molecule has 0 spiro atoms. The molecule has 0 radical (unpaired) electrons. The van der Waals surface area contributed by atoms with Gasteiger partial charge in [-0.1, -0.05) is 45.0 Å². The Bertz CT molecular complexity index is 445. The number of benzene rings is 1. The van der Waals surface area contributed by atoms with Gasteiger partial charge in [-0.3, -0.25) is 4.79 Å². The minimum absolute atomic E-state index is 0.192. The number of hydrogen-bond acceptors (Lipinski definition) is 2. The van der Waals surface area contributed by atoms with Crippen molar-refractivity contribution in [2.75, 3.05) is 13.1 Å². The molecule has 0 saturated carbocycles. The van der Waals surface area contributed by atoms with E-state index in [-0.39, 0.29) is 11.3 Å². The third-order valence-corrected chi connectivity index (χ3v) is 4.63. The first kappa shape index (κ1) is 15.0. The Labute approximate surface area is 122 Å². The van der Waals surface area contributed by atoms with Crippen molar-refractivity contribution in [3.63, 3.8) is 0 Å². The van der Waals surface area contributed by atoms with E-state index in [0.29, 0.717) is 12.5 Å². The number of carbonyl (C=O) groups excluding carboxylic acids is 1. The Kier molecular flexibility index (Phi) is 4.81. The molecule has 2 N–H and O–H groups in total. The summed E-state index contributed by atoms with van der Waals surface area (Å²) in [7, 11) is 0. The lowest BCUT2D eigenvalue weighted by atomic mass is 9.75. The van der Waals surface area contributed by atoms with E-state index in [1.54, 1.807) is 0 Å². The quantitative estimate of drug-likeness (QED) is 0.866. The highest BCUT2D eigenvalue weighted by molar-refractivity contribution is 5.83. The van der Waals surface area contributed by atoms with Crippen LogP contribution in [0.2, 0.25) is 0 Å². The SMILES string of the molecule is CCc1ccc(CNC(=O)C2(C(C)C)CCNC2)cc1. The first-order chi connectivity index (χ1) is 9.58. The number of amides is 1. The molecular weight excluding hydrogens is 248 g/mol. The Morgan fingerprint density at radius 2 is 1.95 bits per heavy atom. The van der Waals surface area contributed by atoms with E-state index >= 15 is 0 Å². The molecule has 0 bridgehead atoms. The molecule has 0 aromatic heterocycles. The van der Waals surface area contributed by atoms with Gasteiger partial charge in [-0.05, 0) is 36.4 Å². The molecule has 0 aliphatic carbocycles. The molecule has 2 rings (SSSR count). The molecule has 1 aliphatic rings. The van der Waals surface area contributed by atoms with Gasteiger partial charge >= 0.3 is 0 Å². The Morgan fingerprint density at radius 3 is 2.45 bits per heavy atom. The van der Waals surface area contributed by atoms with Gasteiger partial charge < -0.3 is 10.6 Å². The van der Waals surface area contributed by atoms with Crippen molar-refractivity contribution < 1.29 is 4.79 Å². The first-order valence-corrected chi connectivity index (χ1v) is 7.65. The standard InChI is InChI=1S/C17H26N2O/c1-4-14-5-7-15(8-6-14)11-19-16(20)17(13(2)3)9-10-18-12-17/h5-8,13,18H,4,9-12H2,1-3H3,(H,19,20). The molecule has 1 aliphatic heterocycles. The minimum Gasteiger partial charge on any atom is -0.351 e. The van der Waals surface area contributed by atoms with Crippen LogP contribution < -0.4 is 10.6 Å². The third-order valence-electron chi connectivity index (χ3n) is 4.63. The summed E-state index contributed by atoms with van der Waals surface area (Å²) in [5, 5.41) is 6.45. The fourth-order valence-corrected chi connectivity index (χ4v) is 2.91. The van der Waals surface area contributed by atoms with Crippen LogP contribution in [0.3, 0.4) is 0 Å². The largest absolute Gasteiger partial charge is 0.351 e. The van der Waals surface area contributed by atoms with E-state index in [2.05, 4.69) is 55.7 Å². The second-order valence-electron chi connectivity index (χ2n) is 6.09. The van der Waals surface area contributed by atoms with Gasteiger partial charge in [0.05, 0.1) is 5.41 Å². The van der Waals surface area contributed by atoms with Crippen LogP contribution in [0.4, 0.5) is 0 Å². The molecule has 3 heteroatoms. The summed E-state index contributed by atoms with van der Waals surface area (Å²) in [6, 6.07) is 8.48. The van der Waals surface area contributed by atoms with Gasteiger partial charge in [0.1, 0.15) is 0 Å². The van der Waals surface area contributed by atoms with Crippen molar-refractivity contribution in [3.05, 3.63) is 35.4 Å². The molecular formula is C17H26N2O. The van der Waals surface area contributed by atoms with E-state index in [1.807, 2.05) is 0 Å². The van der Waals surface area contributed by atoms with Crippen molar-refractivity contribution in [2.24, 2.45) is 11.3 Å². The minimum atomic E-state index is -0.233. The Hall–Kier alpha value is -1.35. The lowest BCUT2D eigenvalue weighted by Crippen LogP contribution is -2.45. The highest BCUT2D eigenvalue weighted by Crippen LogP contribution is 2.34. The van der Waals surface area contributed by atoms with E-state index in [0.717, 1.165) is 25.9 Å². The zero-order chi connectivity index (χ0) is 14.6. The molecule has 1 atom stereocenters. The van der Waals surface area contributed by atoms with E-state index in [1.165, 1.54) is 11.1 Å². The molecule has 110 valence electrons. The summed E-state index contributed by atoms with van der Waals surface area (Å²) in [6.45, 7) is 8.79. The highest BCUT2D eigenvalue weighted by atomic mass is 16.2.